The van der Waals surface area contributed by atoms with E-state index in [1.807, 2.05) is 30.6 Å². The van der Waals surface area contributed by atoms with Crippen LogP contribution in [-0.2, 0) is 11.3 Å². The number of aryl methyl sites for hydroxylation is 1. The molecule has 0 atom stereocenters. The number of furan rings is 1. The molecule has 0 bridgehead atoms. The summed E-state index contributed by atoms with van der Waals surface area (Å²) >= 11 is 0. The van der Waals surface area contributed by atoms with Crippen molar-refractivity contribution in [2.45, 2.75) is 20.4 Å². The van der Waals surface area contributed by atoms with Crippen molar-refractivity contribution in [2.24, 2.45) is 0 Å². The number of nitrogens with zero attached hydrogens (tertiary/aromatic N) is 3. The van der Waals surface area contributed by atoms with Crippen LogP contribution in [0.1, 0.15) is 22.7 Å². The number of amides is 1. The Balaban J connectivity index is 1.90. The molecule has 1 aromatic carbocycles. The normalized spacial score (nSPS) is 11.1. The molecule has 8 heteroatoms. The summed E-state index contributed by atoms with van der Waals surface area (Å²) in [7, 11) is 0. The van der Waals surface area contributed by atoms with Gasteiger partial charge in [-0.3, -0.25) is 14.9 Å². The van der Waals surface area contributed by atoms with Crippen molar-refractivity contribution >= 4 is 17.7 Å². The zero-order valence-electron chi connectivity index (χ0n) is 15.9. The predicted molar refractivity (Wildman–Crippen MR) is 106 cm³/mol. The minimum atomic E-state index is -0.510. The van der Waals surface area contributed by atoms with Crippen LogP contribution in [0.4, 0.5) is 5.69 Å². The topological polar surface area (TPSA) is 114 Å². The van der Waals surface area contributed by atoms with Crippen LogP contribution in [0.2, 0.25) is 0 Å². The molecule has 29 heavy (non-hydrogen) atoms. The molecule has 1 N–H and O–H groups in total. The second kappa shape index (κ2) is 8.27. The van der Waals surface area contributed by atoms with Crippen LogP contribution in [0.5, 0.6) is 0 Å². The van der Waals surface area contributed by atoms with Crippen molar-refractivity contribution in [1.29, 1.82) is 5.26 Å². The lowest BCUT2D eigenvalue weighted by atomic mass is 10.1. The third-order valence-corrected chi connectivity index (χ3v) is 4.44. The molecule has 146 valence electrons. The number of nitriles is 1. The van der Waals surface area contributed by atoms with Crippen molar-refractivity contribution < 1.29 is 14.1 Å². The Morgan fingerprint density at radius 2 is 2.10 bits per heavy atom. The SMILES string of the molecule is Cc1cc(/C=C(\C#N)C(=O)NCc2ccco2)c(C)n1-c1cccc([N+](=O)[O-])c1. The Morgan fingerprint density at radius 1 is 1.31 bits per heavy atom. The highest BCUT2D eigenvalue weighted by Crippen LogP contribution is 2.25. The summed E-state index contributed by atoms with van der Waals surface area (Å²) < 4.78 is 7.00. The molecular formula is C21H18N4O4. The largest absolute Gasteiger partial charge is 0.467 e. The van der Waals surface area contributed by atoms with Gasteiger partial charge in [0, 0.05) is 23.5 Å². The minimum Gasteiger partial charge on any atom is -0.467 e. The molecule has 0 aliphatic heterocycles. The molecular weight excluding hydrogens is 372 g/mol. The smallest absolute Gasteiger partial charge is 0.271 e. The van der Waals surface area contributed by atoms with Crippen molar-refractivity contribution in [2.75, 3.05) is 0 Å². The van der Waals surface area contributed by atoms with Crippen LogP contribution in [0.15, 0.2) is 58.7 Å². The summed E-state index contributed by atoms with van der Waals surface area (Å²) in [5.74, 6) is 0.0727. The fourth-order valence-corrected chi connectivity index (χ4v) is 3.06. The van der Waals surface area contributed by atoms with Crippen molar-refractivity contribution in [3.63, 3.8) is 0 Å². The number of hydrogen-bond donors (Lipinski definition) is 1. The maximum Gasteiger partial charge on any atom is 0.271 e. The summed E-state index contributed by atoms with van der Waals surface area (Å²) in [6.45, 7) is 3.86. The fourth-order valence-electron chi connectivity index (χ4n) is 3.06. The zero-order valence-corrected chi connectivity index (χ0v) is 15.9. The van der Waals surface area contributed by atoms with E-state index in [-0.39, 0.29) is 17.8 Å². The van der Waals surface area contributed by atoms with Gasteiger partial charge in [-0.05, 0) is 49.8 Å². The van der Waals surface area contributed by atoms with E-state index in [9.17, 15) is 20.2 Å². The van der Waals surface area contributed by atoms with Gasteiger partial charge in [0.05, 0.1) is 23.4 Å². The summed E-state index contributed by atoms with van der Waals surface area (Å²) in [5, 5.41) is 23.1. The number of nitrogens with one attached hydrogen (secondary N) is 1. The van der Waals surface area contributed by atoms with Crippen LogP contribution in [-0.4, -0.2) is 15.4 Å². The molecule has 8 nitrogen and oxygen atoms in total. The maximum absolute atomic E-state index is 12.3. The summed E-state index contributed by atoms with van der Waals surface area (Å²) in [4.78, 5) is 23.0. The van der Waals surface area contributed by atoms with Crippen molar-refractivity contribution in [3.05, 3.63) is 87.1 Å². The number of aromatic nitrogens is 1. The Kier molecular flexibility index (Phi) is 5.60. The van der Waals surface area contributed by atoms with Crippen LogP contribution in [0.3, 0.4) is 0 Å². The first-order chi connectivity index (χ1) is 13.9. The minimum absolute atomic E-state index is 0.0119. The van der Waals surface area contributed by atoms with E-state index < -0.39 is 10.8 Å². The van der Waals surface area contributed by atoms with E-state index in [0.29, 0.717) is 17.0 Å². The number of nitro benzene ring substituents is 1. The molecule has 0 aliphatic rings. The molecule has 3 aromatic rings. The van der Waals surface area contributed by atoms with Gasteiger partial charge in [0.15, 0.2) is 0 Å². The molecule has 1 amide bonds. The molecule has 0 aliphatic carbocycles. The first kappa shape index (κ1) is 19.6. The molecule has 0 saturated carbocycles. The van der Waals surface area contributed by atoms with Gasteiger partial charge in [-0.25, -0.2) is 0 Å². The second-order valence-electron chi connectivity index (χ2n) is 6.37. The molecule has 2 aromatic heterocycles. The van der Waals surface area contributed by atoms with Crippen LogP contribution in [0.25, 0.3) is 11.8 Å². The van der Waals surface area contributed by atoms with E-state index in [0.717, 1.165) is 11.4 Å². The first-order valence-electron chi connectivity index (χ1n) is 8.77. The lowest BCUT2D eigenvalue weighted by Crippen LogP contribution is -2.23. The summed E-state index contributed by atoms with van der Waals surface area (Å²) in [5.41, 5.74) is 2.84. The molecule has 3 rings (SSSR count). The maximum atomic E-state index is 12.3. The number of benzene rings is 1. The Hall–Kier alpha value is -4.12. The summed E-state index contributed by atoms with van der Waals surface area (Å²) in [6.07, 6.45) is 3.01. The van der Waals surface area contributed by atoms with Gasteiger partial charge < -0.3 is 14.3 Å². The number of rotatable bonds is 6. The average molecular weight is 390 g/mol. The highest BCUT2D eigenvalue weighted by Gasteiger charge is 2.15. The monoisotopic (exact) mass is 390 g/mol. The number of nitro groups is 1. The number of carbonyl (C=O) groups is 1. The van der Waals surface area contributed by atoms with E-state index in [1.165, 1.54) is 24.5 Å². The Labute approximate surface area is 166 Å². The van der Waals surface area contributed by atoms with Gasteiger partial charge in [-0.2, -0.15) is 5.26 Å². The average Bonchev–Trinajstić information content (AvgIpc) is 3.32. The Bertz CT molecular complexity index is 1130. The van der Waals surface area contributed by atoms with E-state index in [2.05, 4.69) is 5.32 Å². The second-order valence-corrected chi connectivity index (χ2v) is 6.37. The van der Waals surface area contributed by atoms with Crippen LogP contribution >= 0.6 is 0 Å². The van der Waals surface area contributed by atoms with Crippen molar-refractivity contribution in [3.8, 4) is 11.8 Å². The van der Waals surface area contributed by atoms with Gasteiger partial charge in [-0.1, -0.05) is 6.07 Å². The van der Waals surface area contributed by atoms with E-state index in [4.69, 9.17) is 4.42 Å². The highest BCUT2D eigenvalue weighted by molar-refractivity contribution is 6.01. The lowest BCUT2D eigenvalue weighted by molar-refractivity contribution is -0.384. The van der Waals surface area contributed by atoms with E-state index >= 15 is 0 Å². The van der Waals surface area contributed by atoms with Gasteiger partial charge >= 0.3 is 0 Å². The molecule has 2 heterocycles. The number of non-ortho nitro benzene ring substituents is 1. The quantitative estimate of drug-likeness (QED) is 0.297. The van der Waals surface area contributed by atoms with E-state index in [1.54, 1.807) is 24.3 Å². The van der Waals surface area contributed by atoms with Crippen molar-refractivity contribution in [1.82, 2.24) is 9.88 Å². The zero-order chi connectivity index (χ0) is 21.0. The van der Waals surface area contributed by atoms with Crippen LogP contribution in [0, 0.1) is 35.3 Å². The third kappa shape index (κ3) is 4.25. The predicted octanol–water partition coefficient (Wildman–Crippen LogP) is 3.82. The number of hydrogen-bond acceptors (Lipinski definition) is 5. The Morgan fingerprint density at radius 3 is 2.76 bits per heavy atom. The molecule has 0 saturated heterocycles. The van der Waals surface area contributed by atoms with Gasteiger partial charge in [0.2, 0.25) is 0 Å². The number of carbonyl (C=O) groups excluding carboxylic acids is 1. The molecule has 0 fully saturated rings. The molecule has 0 unspecified atom stereocenters. The van der Waals surface area contributed by atoms with Gasteiger partial charge in [0.1, 0.15) is 17.4 Å². The van der Waals surface area contributed by atoms with Gasteiger partial charge in [0.25, 0.3) is 11.6 Å². The van der Waals surface area contributed by atoms with Crippen LogP contribution < -0.4 is 5.32 Å². The fraction of sp³-hybridized carbons (Fsp3) is 0.143. The molecule has 0 radical (unpaired) electrons. The lowest BCUT2D eigenvalue weighted by Gasteiger charge is -2.09. The highest BCUT2D eigenvalue weighted by atomic mass is 16.6. The molecule has 0 spiro atoms. The third-order valence-electron chi connectivity index (χ3n) is 4.44. The standard InChI is InChI=1S/C21H18N4O4/c1-14-9-16(10-17(12-22)21(26)23-13-20-7-4-8-29-20)15(2)24(14)18-5-3-6-19(11-18)25(27)28/h3-11H,13H2,1-2H3,(H,23,26)/b17-10+. The van der Waals surface area contributed by atoms with Gasteiger partial charge in [-0.15, -0.1) is 0 Å². The summed E-state index contributed by atoms with van der Waals surface area (Å²) in [6, 6.07) is 13.5. The first-order valence-corrected chi connectivity index (χ1v) is 8.77.